The van der Waals surface area contributed by atoms with Crippen LogP contribution < -0.4 is 11.1 Å². The van der Waals surface area contributed by atoms with E-state index in [2.05, 4.69) is 10.3 Å². The molecule has 126 valence electrons. The number of hydrogen-bond acceptors (Lipinski definition) is 3. The number of amides is 1. The summed E-state index contributed by atoms with van der Waals surface area (Å²) in [6, 6.07) is 14.0. The lowest BCUT2D eigenvalue weighted by atomic mass is 9.84. The minimum Gasteiger partial charge on any atom is -0.349 e. The first-order chi connectivity index (χ1) is 11.7. The van der Waals surface area contributed by atoms with Gasteiger partial charge in [0.2, 0.25) is 0 Å². The van der Waals surface area contributed by atoms with Crippen LogP contribution in [0.2, 0.25) is 0 Å². The van der Waals surface area contributed by atoms with E-state index in [9.17, 15) is 4.79 Å². The van der Waals surface area contributed by atoms with Crippen molar-refractivity contribution < 1.29 is 4.79 Å². The number of rotatable bonds is 4. The minimum atomic E-state index is -0.0371. The van der Waals surface area contributed by atoms with Crippen molar-refractivity contribution in [3.63, 3.8) is 0 Å². The fourth-order valence-corrected chi connectivity index (χ4v) is 3.50. The van der Waals surface area contributed by atoms with E-state index < -0.39 is 0 Å². The van der Waals surface area contributed by atoms with Crippen molar-refractivity contribution >= 4 is 5.91 Å². The highest BCUT2D eigenvalue weighted by Crippen LogP contribution is 2.24. The van der Waals surface area contributed by atoms with E-state index >= 15 is 0 Å². The molecular weight excluding hydrogens is 298 g/mol. The zero-order valence-electron chi connectivity index (χ0n) is 14.2. The van der Waals surface area contributed by atoms with Gasteiger partial charge in [0.05, 0.1) is 17.0 Å². The van der Waals surface area contributed by atoms with Crippen LogP contribution >= 0.6 is 0 Å². The van der Waals surface area contributed by atoms with Gasteiger partial charge in [0.15, 0.2) is 0 Å². The summed E-state index contributed by atoms with van der Waals surface area (Å²) in [4.78, 5) is 17.3. The highest BCUT2D eigenvalue weighted by molar-refractivity contribution is 5.95. The standard InChI is InChI=1S/C20H25N3O/c1-14-17(11-12-19(22-14)15-7-3-2-4-8-15)20(24)23-18-10-6-5-9-16(18)13-21/h2-4,7-8,11-12,16,18H,5-6,9-10,13,21H2,1H3,(H,23,24). The summed E-state index contributed by atoms with van der Waals surface area (Å²) in [6.45, 7) is 2.53. The molecule has 1 fully saturated rings. The van der Waals surface area contributed by atoms with Crippen LogP contribution in [0.3, 0.4) is 0 Å². The Hall–Kier alpha value is -2.20. The lowest BCUT2D eigenvalue weighted by Crippen LogP contribution is -2.44. The summed E-state index contributed by atoms with van der Waals surface area (Å²) >= 11 is 0. The molecule has 1 aliphatic rings. The van der Waals surface area contributed by atoms with Crippen LogP contribution in [-0.4, -0.2) is 23.5 Å². The maximum Gasteiger partial charge on any atom is 0.253 e. The number of nitrogens with zero attached hydrogens (tertiary/aromatic N) is 1. The van der Waals surface area contributed by atoms with Crippen LogP contribution in [0, 0.1) is 12.8 Å². The molecule has 0 radical (unpaired) electrons. The molecule has 1 aromatic heterocycles. The number of aryl methyl sites for hydroxylation is 1. The molecule has 24 heavy (non-hydrogen) atoms. The molecule has 2 aromatic rings. The molecule has 3 N–H and O–H groups in total. The molecule has 1 amide bonds. The molecule has 1 aliphatic carbocycles. The summed E-state index contributed by atoms with van der Waals surface area (Å²) in [5.74, 6) is 0.351. The number of nitrogens with two attached hydrogens (primary N) is 1. The Morgan fingerprint density at radius 3 is 2.62 bits per heavy atom. The first kappa shape index (κ1) is 16.7. The molecular formula is C20H25N3O. The normalized spacial score (nSPS) is 20.6. The topological polar surface area (TPSA) is 68.0 Å². The summed E-state index contributed by atoms with van der Waals surface area (Å²) in [5.41, 5.74) is 9.22. The number of carbonyl (C=O) groups is 1. The third kappa shape index (κ3) is 3.65. The van der Waals surface area contributed by atoms with Gasteiger partial charge >= 0.3 is 0 Å². The molecule has 0 aliphatic heterocycles. The molecule has 2 atom stereocenters. The van der Waals surface area contributed by atoms with Gasteiger partial charge in [-0.3, -0.25) is 9.78 Å². The number of nitrogens with one attached hydrogen (secondary N) is 1. The number of hydrogen-bond donors (Lipinski definition) is 2. The number of carbonyl (C=O) groups excluding carboxylic acids is 1. The molecule has 4 nitrogen and oxygen atoms in total. The third-order valence-corrected chi connectivity index (χ3v) is 4.93. The van der Waals surface area contributed by atoms with Crippen LogP contribution in [0.1, 0.15) is 41.7 Å². The first-order valence-corrected chi connectivity index (χ1v) is 8.73. The van der Waals surface area contributed by atoms with Gasteiger partial charge in [-0.15, -0.1) is 0 Å². The fraction of sp³-hybridized carbons (Fsp3) is 0.400. The van der Waals surface area contributed by atoms with Crippen molar-refractivity contribution in [2.45, 2.75) is 38.6 Å². The Kier molecular flexibility index (Phi) is 5.26. The second-order valence-electron chi connectivity index (χ2n) is 6.56. The molecule has 1 heterocycles. The van der Waals surface area contributed by atoms with Crippen molar-refractivity contribution in [1.29, 1.82) is 0 Å². The lowest BCUT2D eigenvalue weighted by molar-refractivity contribution is 0.0907. The van der Waals surface area contributed by atoms with Crippen molar-refractivity contribution in [3.8, 4) is 11.3 Å². The zero-order chi connectivity index (χ0) is 16.9. The van der Waals surface area contributed by atoms with E-state index in [1.54, 1.807) is 0 Å². The van der Waals surface area contributed by atoms with Gasteiger partial charge in [-0.2, -0.15) is 0 Å². The van der Waals surface area contributed by atoms with Crippen molar-refractivity contribution in [2.75, 3.05) is 6.54 Å². The Morgan fingerprint density at radius 1 is 1.17 bits per heavy atom. The molecule has 4 heteroatoms. The maximum absolute atomic E-state index is 12.7. The Bertz CT molecular complexity index is 699. The van der Waals surface area contributed by atoms with Crippen LogP contribution in [0.15, 0.2) is 42.5 Å². The number of benzene rings is 1. The summed E-state index contributed by atoms with van der Waals surface area (Å²) in [7, 11) is 0. The SMILES string of the molecule is Cc1nc(-c2ccccc2)ccc1C(=O)NC1CCCCC1CN. The molecule has 0 bridgehead atoms. The summed E-state index contributed by atoms with van der Waals surface area (Å²) in [6.07, 6.45) is 4.49. The van der Waals surface area contributed by atoms with Crippen LogP contribution in [0.5, 0.6) is 0 Å². The van der Waals surface area contributed by atoms with Crippen molar-refractivity contribution in [3.05, 3.63) is 53.7 Å². The smallest absolute Gasteiger partial charge is 0.253 e. The average Bonchev–Trinajstić information content (AvgIpc) is 2.62. The van der Waals surface area contributed by atoms with E-state index in [1.807, 2.05) is 49.4 Å². The van der Waals surface area contributed by atoms with Gasteiger partial charge in [0.1, 0.15) is 0 Å². The van der Waals surface area contributed by atoms with Gasteiger partial charge < -0.3 is 11.1 Å². The predicted molar refractivity (Wildman–Crippen MR) is 96.7 cm³/mol. The van der Waals surface area contributed by atoms with Crippen LogP contribution in [0.4, 0.5) is 0 Å². The molecule has 0 spiro atoms. The minimum absolute atomic E-state index is 0.0371. The molecule has 2 unspecified atom stereocenters. The Labute approximate surface area is 143 Å². The van der Waals surface area contributed by atoms with Gasteiger partial charge in [-0.1, -0.05) is 43.2 Å². The monoisotopic (exact) mass is 323 g/mol. The van der Waals surface area contributed by atoms with E-state index in [-0.39, 0.29) is 11.9 Å². The van der Waals surface area contributed by atoms with Gasteiger partial charge in [0, 0.05) is 11.6 Å². The number of pyridine rings is 1. The van der Waals surface area contributed by atoms with Gasteiger partial charge in [-0.05, 0) is 44.4 Å². The second kappa shape index (κ2) is 7.58. The van der Waals surface area contributed by atoms with Gasteiger partial charge in [0.25, 0.3) is 5.91 Å². The maximum atomic E-state index is 12.7. The molecule has 0 saturated heterocycles. The van der Waals surface area contributed by atoms with Crippen LogP contribution in [0.25, 0.3) is 11.3 Å². The second-order valence-corrected chi connectivity index (χ2v) is 6.56. The van der Waals surface area contributed by atoms with Crippen molar-refractivity contribution in [1.82, 2.24) is 10.3 Å². The Morgan fingerprint density at radius 2 is 1.92 bits per heavy atom. The lowest BCUT2D eigenvalue weighted by Gasteiger charge is -2.31. The first-order valence-electron chi connectivity index (χ1n) is 8.73. The molecule has 1 saturated carbocycles. The summed E-state index contributed by atoms with van der Waals surface area (Å²) < 4.78 is 0. The number of aromatic nitrogens is 1. The quantitative estimate of drug-likeness (QED) is 0.907. The van der Waals surface area contributed by atoms with E-state index in [0.717, 1.165) is 36.2 Å². The van der Waals surface area contributed by atoms with Crippen molar-refractivity contribution in [2.24, 2.45) is 11.7 Å². The van der Waals surface area contributed by atoms with E-state index in [1.165, 1.54) is 6.42 Å². The van der Waals surface area contributed by atoms with E-state index in [4.69, 9.17) is 5.73 Å². The third-order valence-electron chi connectivity index (χ3n) is 4.93. The average molecular weight is 323 g/mol. The highest BCUT2D eigenvalue weighted by Gasteiger charge is 2.26. The van der Waals surface area contributed by atoms with Crippen LogP contribution in [-0.2, 0) is 0 Å². The molecule has 1 aromatic carbocycles. The van der Waals surface area contributed by atoms with Gasteiger partial charge in [-0.25, -0.2) is 0 Å². The fourth-order valence-electron chi connectivity index (χ4n) is 3.50. The zero-order valence-corrected chi connectivity index (χ0v) is 14.2. The predicted octanol–water partition coefficient (Wildman–Crippen LogP) is 3.30. The Balaban J connectivity index is 1.75. The summed E-state index contributed by atoms with van der Waals surface area (Å²) in [5, 5.41) is 3.18. The largest absolute Gasteiger partial charge is 0.349 e. The van der Waals surface area contributed by atoms with E-state index in [0.29, 0.717) is 18.0 Å². The molecule has 3 rings (SSSR count). The highest BCUT2D eigenvalue weighted by atomic mass is 16.1.